The number of Topliss-reactive ketones (excluding diaryl/α,β-unsaturated/α-hetero) is 2. The van der Waals surface area contributed by atoms with Crippen molar-refractivity contribution in [1.29, 1.82) is 0 Å². The molecule has 0 aliphatic heterocycles. The normalized spacial score (nSPS) is 11.2. The molecule has 2 heteroatoms. The highest BCUT2D eigenvalue weighted by molar-refractivity contribution is 6.01. The van der Waals surface area contributed by atoms with E-state index in [1.807, 2.05) is 20.8 Å². The smallest absolute Gasteiger partial charge is 0.143 e. The lowest BCUT2D eigenvalue weighted by Gasteiger charge is -2.09. The van der Waals surface area contributed by atoms with E-state index in [1.54, 1.807) is 0 Å². The van der Waals surface area contributed by atoms with Crippen molar-refractivity contribution in [3.8, 4) is 0 Å². The molecule has 0 saturated heterocycles. The van der Waals surface area contributed by atoms with Gasteiger partial charge in [0.15, 0.2) is 0 Å². The predicted molar refractivity (Wildman–Crippen MR) is 60.3 cm³/mol. The molecule has 0 fully saturated rings. The van der Waals surface area contributed by atoms with Crippen molar-refractivity contribution in [2.75, 3.05) is 0 Å². The first kappa shape index (κ1) is 15.8. The van der Waals surface area contributed by atoms with Gasteiger partial charge in [0.2, 0.25) is 0 Å². The number of carbonyl (C=O) groups is 2. The van der Waals surface area contributed by atoms with E-state index in [0.717, 1.165) is 19.3 Å². The molecule has 1 atom stereocenters. The molecule has 0 saturated carbocycles. The fourth-order valence-corrected chi connectivity index (χ4v) is 1.25. The third kappa shape index (κ3) is 6.81. The summed E-state index contributed by atoms with van der Waals surface area (Å²) in [6, 6.07) is 0. The van der Waals surface area contributed by atoms with Gasteiger partial charge in [-0.3, -0.25) is 9.59 Å². The third-order valence-electron chi connectivity index (χ3n) is 2.07. The van der Waals surface area contributed by atoms with Gasteiger partial charge in [0.05, 0.1) is 5.92 Å². The molecule has 0 aliphatic rings. The zero-order valence-corrected chi connectivity index (χ0v) is 10.2. The minimum Gasteiger partial charge on any atom is -0.299 e. The van der Waals surface area contributed by atoms with E-state index in [9.17, 15) is 9.59 Å². The van der Waals surface area contributed by atoms with Gasteiger partial charge < -0.3 is 0 Å². The number of unbranched alkanes of at least 4 members (excludes halogenated alkanes) is 1. The third-order valence-corrected chi connectivity index (χ3v) is 2.07. The second-order valence-electron chi connectivity index (χ2n) is 3.13. The molecule has 14 heavy (non-hydrogen) atoms. The Morgan fingerprint density at radius 2 is 1.64 bits per heavy atom. The Bertz CT molecular complexity index is 162. The summed E-state index contributed by atoms with van der Waals surface area (Å²) in [5, 5.41) is 0. The maximum Gasteiger partial charge on any atom is 0.143 e. The molecule has 0 radical (unpaired) electrons. The van der Waals surface area contributed by atoms with Gasteiger partial charge in [0.25, 0.3) is 0 Å². The molecule has 0 N–H and O–H groups in total. The van der Waals surface area contributed by atoms with E-state index in [4.69, 9.17) is 0 Å². The van der Waals surface area contributed by atoms with Gasteiger partial charge in [-0.05, 0) is 13.3 Å². The number of hydrogen-bond acceptors (Lipinski definition) is 2. The minimum absolute atomic E-state index is 0.0234. The lowest BCUT2D eigenvalue weighted by molar-refractivity contribution is -0.131. The maximum absolute atomic E-state index is 11.2. The molecule has 0 aliphatic carbocycles. The van der Waals surface area contributed by atoms with Crippen molar-refractivity contribution >= 4 is 11.6 Å². The van der Waals surface area contributed by atoms with Gasteiger partial charge in [-0.25, -0.2) is 0 Å². The van der Waals surface area contributed by atoms with Crippen LogP contribution in [0.2, 0.25) is 0 Å². The fourth-order valence-electron chi connectivity index (χ4n) is 1.25. The molecule has 0 aromatic heterocycles. The fraction of sp³-hybridized carbons (Fsp3) is 0.833. The molecule has 2 nitrogen and oxygen atoms in total. The molecular weight excluding hydrogens is 176 g/mol. The zero-order valence-electron chi connectivity index (χ0n) is 10.2. The van der Waals surface area contributed by atoms with Gasteiger partial charge in [0.1, 0.15) is 11.6 Å². The monoisotopic (exact) mass is 200 g/mol. The second kappa shape index (κ2) is 10.4. The lowest BCUT2D eigenvalue weighted by Crippen LogP contribution is -2.21. The minimum atomic E-state index is -0.324. The van der Waals surface area contributed by atoms with Gasteiger partial charge in [0, 0.05) is 6.42 Å². The molecule has 0 aromatic carbocycles. The summed E-state index contributed by atoms with van der Waals surface area (Å²) >= 11 is 0. The largest absolute Gasteiger partial charge is 0.299 e. The Morgan fingerprint density at radius 1 is 1.14 bits per heavy atom. The van der Waals surface area contributed by atoms with Crippen LogP contribution in [0.15, 0.2) is 0 Å². The van der Waals surface area contributed by atoms with E-state index in [0.29, 0.717) is 6.42 Å². The van der Waals surface area contributed by atoms with Crippen LogP contribution in [0.5, 0.6) is 0 Å². The van der Waals surface area contributed by atoms with E-state index in [2.05, 4.69) is 6.92 Å². The predicted octanol–water partition coefficient (Wildman–Crippen LogP) is 3.39. The van der Waals surface area contributed by atoms with Crippen LogP contribution in [0, 0.1) is 5.92 Å². The summed E-state index contributed by atoms with van der Waals surface area (Å²) in [5.41, 5.74) is 0. The van der Waals surface area contributed by atoms with Crippen LogP contribution in [0.1, 0.15) is 60.3 Å². The van der Waals surface area contributed by atoms with Crippen LogP contribution in [0.3, 0.4) is 0 Å². The van der Waals surface area contributed by atoms with Crippen LogP contribution < -0.4 is 0 Å². The molecule has 0 spiro atoms. The zero-order chi connectivity index (χ0) is 11.6. The van der Waals surface area contributed by atoms with Crippen molar-refractivity contribution in [2.45, 2.75) is 60.3 Å². The summed E-state index contributed by atoms with van der Waals surface area (Å²) in [4.78, 5) is 22.3. The van der Waals surface area contributed by atoms with E-state index in [-0.39, 0.29) is 17.5 Å². The van der Waals surface area contributed by atoms with Gasteiger partial charge in [-0.1, -0.05) is 40.5 Å². The molecule has 0 bridgehead atoms. The quantitative estimate of drug-likeness (QED) is 0.616. The summed E-state index contributed by atoms with van der Waals surface area (Å²) in [7, 11) is 0. The molecular formula is C12H24O2. The molecule has 0 rings (SSSR count). The van der Waals surface area contributed by atoms with Crippen LogP contribution >= 0.6 is 0 Å². The summed E-state index contributed by atoms with van der Waals surface area (Å²) < 4.78 is 0. The molecule has 1 unspecified atom stereocenters. The van der Waals surface area contributed by atoms with Gasteiger partial charge in [-0.2, -0.15) is 0 Å². The van der Waals surface area contributed by atoms with Gasteiger partial charge in [-0.15, -0.1) is 0 Å². The van der Waals surface area contributed by atoms with Crippen LogP contribution in [0.25, 0.3) is 0 Å². The standard InChI is InChI=1S/C10H18O2.C2H6/c1-4-6-7-9(8(3)11)10(12)5-2;1-2/h9H,4-7H2,1-3H3;1-2H3. The Morgan fingerprint density at radius 3 is 1.93 bits per heavy atom. The number of rotatable bonds is 6. The topological polar surface area (TPSA) is 34.1 Å². The number of hydrogen-bond donors (Lipinski definition) is 0. The van der Waals surface area contributed by atoms with Crippen LogP contribution in [0.4, 0.5) is 0 Å². The van der Waals surface area contributed by atoms with Crippen molar-refractivity contribution < 1.29 is 9.59 Å². The number of ketones is 2. The Balaban J connectivity index is 0. The highest BCUT2D eigenvalue weighted by Gasteiger charge is 2.20. The maximum atomic E-state index is 11.2. The second-order valence-corrected chi connectivity index (χ2v) is 3.13. The Labute approximate surface area is 88.1 Å². The SMILES string of the molecule is CC.CCCCC(C(C)=O)C(=O)CC. The van der Waals surface area contributed by atoms with E-state index >= 15 is 0 Å². The first-order valence-corrected chi connectivity index (χ1v) is 5.66. The lowest BCUT2D eigenvalue weighted by atomic mass is 9.92. The summed E-state index contributed by atoms with van der Waals surface area (Å²) in [5.74, 6) is -0.207. The van der Waals surface area contributed by atoms with Crippen LogP contribution in [-0.2, 0) is 9.59 Å². The van der Waals surface area contributed by atoms with Gasteiger partial charge >= 0.3 is 0 Å². The first-order valence-electron chi connectivity index (χ1n) is 5.66. The highest BCUT2D eigenvalue weighted by atomic mass is 16.1. The first-order chi connectivity index (χ1) is 6.63. The Kier molecular flexibility index (Phi) is 11.8. The van der Waals surface area contributed by atoms with Crippen LogP contribution in [-0.4, -0.2) is 11.6 Å². The molecule has 0 amide bonds. The van der Waals surface area contributed by atoms with Crippen molar-refractivity contribution in [1.82, 2.24) is 0 Å². The van der Waals surface area contributed by atoms with E-state index < -0.39 is 0 Å². The average Bonchev–Trinajstić information content (AvgIpc) is 2.20. The van der Waals surface area contributed by atoms with E-state index in [1.165, 1.54) is 6.92 Å². The molecule has 0 aromatic rings. The number of carbonyl (C=O) groups excluding carboxylic acids is 2. The summed E-state index contributed by atoms with van der Waals surface area (Å²) in [6.07, 6.45) is 3.23. The van der Waals surface area contributed by atoms with Crippen molar-refractivity contribution in [3.63, 3.8) is 0 Å². The molecule has 84 valence electrons. The average molecular weight is 200 g/mol. The highest BCUT2D eigenvalue weighted by Crippen LogP contribution is 2.12. The Hall–Kier alpha value is -0.660. The van der Waals surface area contributed by atoms with Crippen molar-refractivity contribution in [3.05, 3.63) is 0 Å². The summed E-state index contributed by atoms with van der Waals surface area (Å²) in [6.45, 7) is 9.38. The molecule has 0 heterocycles. The van der Waals surface area contributed by atoms with Crippen molar-refractivity contribution in [2.24, 2.45) is 5.92 Å².